The van der Waals surface area contributed by atoms with Gasteiger partial charge in [0, 0.05) is 22.9 Å². The molecule has 1 aromatic heterocycles. The third-order valence-electron chi connectivity index (χ3n) is 4.40. The first-order valence-corrected chi connectivity index (χ1v) is 8.07. The molecule has 1 amide bonds. The molecule has 1 aliphatic carbocycles. The molecule has 23 heavy (non-hydrogen) atoms. The quantitative estimate of drug-likeness (QED) is 0.856. The lowest BCUT2D eigenvalue weighted by atomic mass is 10.1. The molecule has 1 saturated carbocycles. The van der Waals surface area contributed by atoms with Gasteiger partial charge in [0.25, 0.3) is 0 Å². The molecular formula is C16H15ClFN3O2. The molecule has 1 unspecified atom stereocenters. The highest BCUT2D eigenvalue weighted by molar-refractivity contribution is 6.31. The average molecular weight is 336 g/mol. The number of likely N-dealkylation sites (tertiary alicyclic amines) is 1. The lowest BCUT2D eigenvalue weighted by molar-refractivity contribution is -0.130. The predicted molar refractivity (Wildman–Crippen MR) is 80.2 cm³/mol. The third kappa shape index (κ3) is 2.72. The van der Waals surface area contributed by atoms with Crippen LogP contribution in [0, 0.1) is 5.82 Å². The van der Waals surface area contributed by atoms with Crippen LogP contribution >= 0.6 is 11.6 Å². The Hall–Kier alpha value is -1.95. The molecule has 4 rings (SSSR count). The molecule has 0 N–H and O–H groups in total. The second-order valence-corrected chi connectivity index (χ2v) is 6.45. The lowest BCUT2D eigenvalue weighted by Gasteiger charge is -2.22. The van der Waals surface area contributed by atoms with E-state index in [9.17, 15) is 9.18 Å². The minimum Gasteiger partial charge on any atom is -0.337 e. The Morgan fingerprint density at radius 2 is 2.17 bits per heavy atom. The largest absolute Gasteiger partial charge is 0.337 e. The van der Waals surface area contributed by atoms with Crippen molar-refractivity contribution in [3.8, 4) is 0 Å². The number of carbonyl (C=O) groups excluding carboxylic acids is 1. The van der Waals surface area contributed by atoms with Crippen molar-refractivity contribution in [2.45, 2.75) is 44.2 Å². The monoisotopic (exact) mass is 335 g/mol. The first-order valence-electron chi connectivity index (χ1n) is 7.69. The van der Waals surface area contributed by atoms with Crippen LogP contribution in [-0.2, 0) is 11.3 Å². The van der Waals surface area contributed by atoms with Crippen LogP contribution in [0.2, 0.25) is 5.02 Å². The number of halogens is 2. The summed E-state index contributed by atoms with van der Waals surface area (Å²) in [5.74, 6) is 1.06. The predicted octanol–water partition coefficient (Wildman–Crippen LogP) is 3.60. The number of hydrogen-bond donors (Lipinski definition) is 0. The van der Waals surface area contributed by atoms with Crippen molar-refractivity contribution in [3.63, 3.8) is 0 Å². The SMILES string of the molecule is O=C1CCC(c2nc(C3CC3)no2)N1Cc1c(F)cccc1Cl. The van der Waals surface area contributed by atoms with Crippen molar-refractivity contribution < 1.29 is 13.7 Å². The highest BCUT2D eigenvalue weighted by Gasteiger charge is 2.38. The van der Waals surface area contributed by atoms with Gasteiger partial charge in [0.15, 0.2) is 5.82 Å². The van der Waals surface area contributed by atoms with Crippen LogP contribution in [0.25, 0.3) is 0 Å². The van der Waals surface area contributed by atoms with Crippen LogP contribution in [-0.4, -0.2) is 20.9 Å². The molecule has 120 valence electrons. The summed E-state index contributed by atoms with van der Waals surface area (Å²) in [5.41, 5.74) is 0.316. The lowest BCUT2D eigenvalue weighted by Crippen LogP contribution is -2.28. The standard InChI is InChI=1S/C16H15ClFN3O2/c17-11-2-1-3-12(18)10(11)8-21-13(6-7-14(21)22)16-19-15(20-23-16)9-4-5-9/h1-3,9,13H,4-8H2. The normalized spacial score (nSPS) is 21.2. The topological polar surface area (TPSA) is 59.2 Å². The minimum atomic E-state index is -0.417. The maximum Gasteiger partial charge on any atom is 0.249 e. The molecular weight excluding hydrogens is 321 g/mol. The van der Waals surface area contributed by atoms with Gasteiger partial charge in [0.2, 0.25) is 11.8 Å². The molecule has 0 bridgehead atoms. The van der Waals surface area contributed by atoms with Gasteiger partial charge in [-0.2, -0.15) is 4.98 Å². The van der Waals surface area contributed by atoms with E-state index in [-0.39, 0.29) is 18.5 Å². The zero-order chi connectivity index (χ0) is 16.0. The smallest absolute Gasteiger partial charge is 0.249 e. The van der Waals surface area contributed by atoms with Gasteiger partial charge >= 0.3 is 0 Å². The van der Waals surface area contributed by atoms with E-state index in [1.54, 1.807) is 17.0 Å². The number of hydrogen-bond acceptors (Lipinski definition) is 4. The number of carbonyl (C=O) groups is 1. The van der Waals surface area contributed by atoms with E-state index in [2.05, 4.69) is 10.1 Å². The molecule has 1 aromatic carbocycles. The van der Waals surface area contributed by atoms with E-state index in [1.807, 2.05) is 0 Å². The fourth-order valence-corrected chi connectivity index (χ4v) is 3.16. The molecule has 0 spiro atoms. The highest BCUT2D eigenvalue weighted by atomic mass is 35.5. The molecule has 0 radical (unpaired) electrons. The van der Waals surface area contributed by atoms with Gasteiger partial charge in [-0.25, -0.2) is 4.39 Å². The second-order valence-electron chi connectivity index (χ2n) is 6.04. The Kier molecular flexibility index (Phi) is 3.56. The number of nitrogens with zero attached hydrogens (tertiary/aromatic N) is 3. The van der Waals surface area contributed by atoms with E-state index in [4.69, 9.17) is 16.1 Å². The number of benzene rings is 1. The van der Waals surface area contributed by atoms with Crippen LogP contribution in [0.15, 0.2) is 22.7 Å². The van der Waals surface area contributed by atoms with Gasteiger partial charge in [-0.1, -0.05) is 22.8 Å². The maximum atomic E-state index is 14.0. The molecule has 5 nitrogen and oxygen atoms in total. The van der Waals surface area contributed by atoms with Gasteiger partial charge in [-0.05, 0) is 31.4 Å². The van der Waals surface area contributed by atoms with Crippen LogP contribution < -0.4 is 0 Å². The Morgan fingerprint density at radius 3 is 2.91 bits per heavy atom. The zero-order valence-corrected chi connectivity index (χ0v) is 13.1. The molecule has 1 aliphatic heterocycles. The highest BCUT2D eigenvalue weighted by Crippen LogP contribution is 2.40. The van der Waals surface area contributed by atoms with Crippen molar-refractivity contribution in [2.24, 2.45) is 0 Å². The summed E-state index contributed by atoms with van der Waals surface area (Å²) < 4.78 is 19.3. The van der Waals surface area contributed by atoms with Gasteiger partial charge in [-0.3, -0.25) is 4.79 Å². The van der Waals surface area contributed by atoms with Crippen LogP contribution in [0.4, 0.5) is 4.39 Å². The van der Waals surface area contributed by atoms with Crippen LogP contribution in [0.5, 0.6) is 0 Å². The fraction of sp³-hybridized carbons (Fsp3) is 0.438. The van der Waals surface area contributed by atoms with Crippen molar-refractivity contribution in [2.75, 3.05) is 0 Å². The van der Waals surface area contributed by atoms with Gasteiger partial charge in [0.05, 0.1) is 6.54 Å². The summed E-state index contributed by atoms with van der Waals surface area (Å²) in [6, 6.07) is 4.20. The zero-order valence-electron chi connectivity index (χ0n) is 12.3. The van der Waals surface area contributed by atoms with Crippen molar-refractivity contribution in [1.82, 2.24) is 15.0 Å². The minimum absolute atomic E-state index is 0.0551. The molecule has 1 atom stereocenters. The first-order chi connectivity index (χ1) is 11.1. The first kappa shape index (κ1) is 14.6. The van der Waals surface area contributed by atoms with Crippen molar-refractivity contribution >= 4 is 17.5 Å². The molecule has 2 aliphatic rings. The van der Waals surface area contributed by atoms with Crippen molar-refractivity contribution in [3.05, 3.63) is 46.3 Å². The Bertz CT molecular complexity index is 739. The third-order valence-corrected chi connectivity index (χ3v) is 4.76. The summed E-state index contributed by atoms with van der Waals surface area (Å²) in [4.78, 5) is 18.2. The van der Waals surface area contributed by atoms with Crippen LogP contribution in [0.3, 0.4) is 0 Å². The molecule has 7 heteroatoms. The fourth-order valence-electron chi connectivity index (χ4n) is 2.93. The average Bonchev–Trinajstić information content (AvgIpc) is 3.15. The summed E-state index contributed by atoms with van der Waals surface area (Å²) >= 11 is 6.07. The van der Waals surface area contributed by atoms with E-state index in [0.717, 1.165) is 12.8 Å². The molecule has 1 saturated heterocycles. The summed E-state index contributed by atoms with van der Waals surface area (Å²) in [6.45, 7) is 0.107. The summed E-state index contributed by atoms with van der Waals surface area (Å²) in [6.07, 6.45) is 3.14. The Balaban J connectivity index is 1.60. The summed E-state index contributed by atoms with van der Waals surface area (Å²) in [5, 5.41) is 4.31. The van der Waals surface area contributed by atoms with Crippen molar-refractivity contribution in [1.29, 1.82) is 0 Å². The Labute approximate surface area is 137 Å². The van der Waals surface area contributed by atoms with E-state index in [0.29, 0.717) is 41.1 Å². The van der Waals surface area contributed by atoms with Gasteiger partial charge in [-0.15, -0.1) is 0 Å². The second kappa shape index (κ2) is 5.60. The van der Waals surface area contributed by atoms with E-state index in [1.165, 1.54) is 6.07 Å². The number of aromatic nitrogens is 2. The number of amides is 1. The van der Waals surface area contributed by atoms with Crippen LogP contribution in [0.1, 0.15) is 54.9 Å². The van der Waals surface area contributed by atoms with E-state index >= 15 is 0 Å². The Morgan fingerprint density at radius 1 is 1.35 bits per heavy atom. The van der Waals surface area contributed by atoms with Gasteiger partial charge < -0.3 is 9.42 Å². The molecule has 2 heterocycles. The van der Waals surface area contributed by atoms with Gasteiger partial charge in [0.1, 0.15) is 11.9 Å². The van der Waals surface area contributed by atoms with E-state index < -0.39 is 5.82 Å². The maximum absolute atomic E-state index is 14.0. The summed E-state index contributed by atoms with van der Waals surface area (Å²) in [7, 11) is 0. The molecule has 2 aromatic rings. The molecule has 2 fully saturated rings. The number of rotatable bonds is 4.